The Hall–Kier alpha value is -2.14. The van der Waals surface area contributed by atoms with Crippen LogP contribution in [0, 0.1) is 6.92 Å². The van der Waals surface area contributed by atoms with Gasteiger partial charge in [0.2, 0.25) is 5.88 Å². The topological polar surface area (TPSA) is 73.1 Å². The Morgan fingerprint density at radius 3 is 2.61 bits per heavy atom. The maximum Gasteiger partial charge on any atom is 0.219 e. The van der Waals surface area contributed by atoms with E-state index >= 15 is 0 Å². The molecule has 2 aromatic rings. The zero-order valence-electron chi connectivity index (χ0n) is 10.4. The number of aryl methyl sites for hydroxylation is 1. The first-order valence-corrected chi connectivity index (χ1v) is 5.73. The number of anilines is 1. The number of ether oxygens (including phenoxy) is 1. The molecule has 94 valence electrons. The minimum atomic E-state index is -0.0777. The lowest BCUT2D eigenvalue weighted by Gasteiger charge is -2.14. The van der Waals surface area contributed by atoms with Gasteiger partial charge >= 0.3 is 0 Å². The maximum atomic E-state index is 5.78. The first kappa shape index (κ1) is 12.3. The van der Waals surface area contributed by atoms with E-state index in [-0.39, 0.29) is 6.10 Å². The third-order valence-electron chi connectivity index (χ3n) is 2.53. The summed E-state index contributed by atoms with van der Waals surface area (Å²) in [5.74, 6) is 6.99. The molecule has 0 aliphatic carbocycles. The summed E-state index contributed by atoms with van der Waals surface area (Å²) >= 11 is 0. The van der Waals surface area contributed by atoms with Crippen LogP contribution in [0.3, 0.4) is 0 Å². The summed E-state index contributed by atoms with van der Waals surface area (Å²) in [5.41, 5.74) is 3.58. The zero-order chi connectivity index (χ0) is 13.0. The van der Waals surface area contributed by atoms with E-state index < -0.39 is 0 Å². The van der Waals surface area contributed by atoms with Gasteiger partial charge in [-0.3, -0.25) is 0 Å². The number of rotatable bonds is 4. The molecule has 0 radical (unpaired) electrons. The molecule has 1 unspecified atom stereocenters. The Kier molecular flexibility index (Phi) is 3.74. The van der Waals surface area contributed by atoms with Crippen molar-refractivity contribution in [1.82, 2.24) is 9.97 Å². The van der Waals surface area contributed by atoms with Crippen molar-refractivity contribution in [3.63, 3.8) is 0 Å². The standard InChI is InChI=1S/C13H16N4O/c1-9(11-6-4-3-5-7-11)18-13-8-12(17-14)15-10(2)16-13/h3-9H,14H2,1-2H3,(H,15,16,17). The normalized spacial score (nSPS) is 11.9. The maximum absolute atomic E-state index is 5.78. The van der Waals surface area contributed by atoms with Crippen LogP contribution in [0.4, 0.5) is 5.82 Å². The monoisotopic (exact) mass is 244 g/mol. The first-order valence-electron chi connectivity index (χ1n) is 5.73. The number of nitrogens with zero attached hydrogens (tertiary/aromatic N) is 2. The minimum Gasteiger partial charge on any atom is -0.470 e. The highest BCUT2D eigenvalue weighted by Gasteiger charge is 2.09. The Morgan fingerprint density at radius 1 is 1.22 bits per heavy atom. The average Bonchev–Trinajstić information content (AvgIpc) is 2.39. The number of hydrogen-bond acceptors (Lipinski definition) is 5. The Labute approximate surface area is 106 Å². The molecular weight excluding hydrogens is 228 g/mol. The van der Waals surface area contributed by atoms with Gasteiger partial charge in [-0.05, 0) is 19.4 Å². The minimum absolute atomic E-state index is 0.0777. The number of nitrogen functional groups attached to an aromatic ring is 1. The molecule has 0 saturated heterocycles. The second kappa shape index (κ2) is 5.46. The van der Waals surface area contributed by atoms with Gasteiger partial charge in [0.05, 0.1) is 0 Å². The molecule has 0 saturated carbocycles. The highest BCUT2D eigenvalue weighted by atomic mass is 16.5. The van der Waals surface area contributed by atoms with Crippen LogP contribution >= 0.6 is 0 Å². The molecule has 0 aliphatic heterocycles. The predicted octanol–water partition coefficient (Wildman–Crippen LogP) is 2.21. The summed E-state index contributed by atoms with van der Waals surface area (Å²) in [6.07, 6.45) is -0.0777. The van der Waals surface area contributed by atoms with E-state index in [1.165, 1.54) is 0 Å². The summed E-state index contributed by atoms with van der Waals surface area (Å²) < 4.78 is 5.78. The summed E-state index contributed by atoms with van der Waals surface area (Å²) in [7, 11) is 0. The van der Waals surface area contributed by atoms with Crippen molar-refractivity contribution in [2.75, 3.05) is 5.43 Å². The fraction of sp³-hybridized carbons (Fsp3) is 0.231. The summed E-state index contributed by atoms with van der Waals surface area (Å²) in [4.78, 5) is 8.32. The predicted molar refractivity (Wildman–Crippen MR) is 70.1 cm³/mol. The van der Waals surface area contributed by atoms with E-state index in [9.17, 15) is 0 Å². The molecule has 1 aromatic carbocycles. The van der Waals surface area contributed by atoms with Crippen molar-refractivity contribution in [1.29, 1.82) is 0 Å². The lowest BCUT2D eigenvalue weighted by Crippen LogP contribution is -2.11. The van der Waals surface area contributed by atoms with E-state index in [0.29, 0.717) is 17.5 Å². The molecular formula is C13H16N4O. The molecule has 0 amide bonds. The van der Waals surface area contributed by atoms with E-state index in [4.69, 9.17) is 10.6 Å². The highest BCUT2D eigenvalue weighted by Crippen LogP contribution is 2.21. The van der Waals surface area contributed by atoms with E-state index in [0.717, 1.165) is 5.56 Å². The fourth-order valence-corrected chi connectivity index (χ4v) is 1.65. The molecule has 1 heterocycles. The van der Waals surface area contributed by atoms with Crippen LogP contribution in [0.15, 0.2) is 36.4 Å². The third-order valence-corrected chi connectivity index (χ3v) is 2.53. The van der Waals surface area contributed by atoms with Gasteiger partial charge in [-0.2, -0.15) is 4.98 Å². The molecule has 1 atom stereocenters. The van der Waals surface area contributed by atoms with Gasteiger partial charge < -0.3 is 10.2 Å². The lowest BCUT2D eigenvalue weighted by atomic mass is 10.1. The number of hydrogen-bond donors (Lipinski definition) is 2. The molecule has 3 N–H and O–H groups in total. The molecule has 0 spiro atoms. The molecule has 0 fully saturated rings. The molecule has 1 aromatic heterocycles. The van der Waals surface area contributed by atoms with Gasteiger partial charge in [-0.15, -0.1) is 0 Å². The van der Waals surface area contributed by atoms with Crippen molar-refractivity contribution in [2.45, 2.75) is 20.0 Å². The number of nitrogens with two attached hydrogens (primary N) is 1. The summed E-state index contributed by atoms with van der Waals surface area (Å²) in [6, 6.07) is 11.6. The van der Waals surface area contributed by atoms with Gasteiger partial charge in [0.25, 0.3) is 0 Å². The smallest absolute Gasteiger partial charge is 0.219 e. The summed E-state index contributed by atoms with van der Waals surface area (Å²) in [6.45, 7) is 3.77. The van der Waals surface area contributed by atoms with Crippen LogP contribution in [0.2, 0.25) is 0 Å². The fourth-order valence-electron chi connectivity index (χ4n) is 1.65. The Morgan fingerprint density at radius 2 is 1.94 bits per heavy atom. The molecule has 2 rings (SSSR count). The van der Waals surface area contributed by atoms with Crippen molar-refractivity contribution in [3.05, 3.63) is 47.8 Å². The van der Waals surface area contributed by atoms with Gasteiger partial charge in [0.1, 0.15) is 17.7 Å². The van der Waals surface area contributed by atoms with E-state index in [1.54, 1.807) is 13.0 Å². The van der Waals surface area contributed by atoms with Gasteiger partial charge in [-0.1, -0.05) is 30.3 Å². The average molecular weight is 244 g/mol. The second-order valence-electron chi connectivity index (χ2n) is 3.95. The van der Waals surface area contributed by atoms with Crippen molar-refractivity contribution >= 4 is 5.82 Å². The van der Waals surface area contributed by atoms with Crippen LogP contribution in [0.5, 0.6) is 5.88 Å². The lowest BCUT2D eigenvalue weighted by molar-refractivity contribution is 0.217. The molecule has 5 nitrogen and oxygen atoms in total. The van der Waals surface area contributed by atoms with Crippen LogP contribution in [-0.4, -0.2) is 9.97 Å². The van der Waals surface area contributed by atoms with Gasteiger partial charge in [0.15, 0.2) is 0 Å². The number of aromatic nitrogens is 2. The second-order valence-corrected chi connectivity index (χ2v) is 3.95. The van der Waals surface area contributed by atoms with E-state index in [1.807, 2.05) is 37.3 Å². The molecule has 0 aliphatic rings. The Balaban J connectivity index is 2.16. The third kappa shape index (κ3) is 2.95. The highest BCUT2D eigenvalue weighted by molar-refractivity contribution is 5.37. The van der Waals surface area contributed by atoms with Crippen molar-refractivity contribution in [2.24, 2.45) is 5.84 Å². The Bertz CT molecular complexity index is 516. The largest absolute Gasteiger partial charge is 0.470 e. The first-order chi connectivity index (χ1) is 8.69. The van der Waals surface area contributed by atoms with Crippen LogP contribution in [0.25, 0.3) is 0 Å². The summed E-state index contributed by atoms with van der Waals surface area (Å²) in [5, 5.41) is 0. The number of benzene rings is 1. The zero-order valence-corrected chi connectivity index (χ0v) is 10.4. The molecule has 5 heteroatoms. The number of nitrogens with one attached hydrogen (secondary N) is 1. The van der Waals surface area contributed by atoms with E-state index in [2.05, 4.69) is 15.4 Å². The molecule has 0 bridgehead atoms. The van der Waals surface area contributed by atoms with Crippen molar-refractivity contribution in [3.8, 4) is 5.88 Å². The number of hydrazine groups is 1. The quantitative estimate of drug-likeness (QED) is 0.637. The SMILES string of the molecule is Cc1nc(NN)cc(OC(C)c2ccccc2)n1. The van der Waals surface area contributed by atoms with Crippen LogP contribution in [0.1, 0.15) is 24.4 Å². The molecule has 18 heavy (non-hydrogen) atoms. The van der Waals surface area contributed by atoms with Crippen LogP contribution in [-0.2, 0) is 0 Å². The van der Waals surface area contributed by atoms with Gasteiger partial charge in [-0.25, -0.2) is 10.8 Å². The van der Waals surface area contributed by atoms with Gasteiger partial charge in [0, 0.05) is 6.07 Å². The van der Waals surface area contributed by atoms with Crippen molar-refractivity contribution < 1.29 is 4.74 Å². The van der Waals surface area contributed by atoms with Crippen LogP contribution < -0.4 is 16.0 Å².